The van der Waals surface area contributed by atoms with Crippen LogP contribution in [0.3, 0.4) is 0 Å². The third-order valence-corrected chi connectivity index (χ3v) is 9.83. The maximum absolute atomic E-state index is 14.4. The molecule has 1 aliphatic rings. The van der Waals surface area contributed by atoms with Crippen LogP contribution in [0.5, 0.6) is 0 Å². The van der Waals surface area contributed by atoms with Crippen LogP contribution in [0.2, 0.25) is 10.0 Å². The summed E-state index contributed by atoms with van der Waals surface area (Å²) in [6, 6.07) is 20.5. The molecular weight excluding hydrogens is 650 g/mol. The summed E-state index contributed by atoms with van der Waals surface area (Å²) >= 11 is 12.5. The largest absolute Gasteiger partial charge is 0.369 e. The van der Waals surface area contributed by atoms with Crippen molar-refractivity contribution < 1.29 is 22.4 Å². The van der Waals surface area contributed by atoms with E-state index in [1.165, 1.54) is 12.1 Å². The van der Waals surface area contributed by atoms with Gasteiger partial charge in [-0.2, -0.15) is 0 Å². The van der Waals surface area contributed by atoms with E-state index in [1.807, 2.05) is 41.8 Å². The lowest BCUT2D eigenvalue weighted by atomic mass is 9.72. The van der Waals surface area contributed by atoms with Gasteiger partial charge in [0.2, 0.25) is 15.9 Å². The highest BCUT2D eigenvalue weighted by molar-refractivity contribution is 7.88. The molecule has 2 amide bonds. The first-order chi connectivity index (χ1) is 21.8. The maximum Gasteiger partial charge on any atom is 0.255 e. The second-order valence-corrected chi connectivity index (χ2v) is 14.4. The monoisotopic (exact) mass is 684 g/mol. The minimum atomic E-state index is -3.40. The van der Waals surface area contributed by atoms with Gasteiger partial charge in [-0.15, -0.1) is 0 Å². The lowest BCUT2D eigenvalue weighted by Gasteiger charge is -2.40. The molecule has 0 unspecified atom stereocenters. The van der Waals surface area contributed by atoms with E-state index in [-0.39, 0.29) is 38.4 Å². The summed E-state index contributed by atoms with van der Waals surface area (Å²) in [5, 5.41) is 1.14. The molecule has 4 aromatic rings. The predicted octanol–water partition coefficient (Wildman–Crippen LogP) is 6.04. The molecule has 8 nitrogen and oxygen atoms in total. The van der Waals surface area contributed by atoms with Gasteiger partial charge in [0.1, 0.15) is 5.82 Å². The first-order valence-electron chi connectivity index (χ1n) is 14.9. The number of benzene rings is 3. The van der Waals surface area contributed by atoms with Crippen molar-refractivity contribution in [2.45, 2.75) is 38.0 Å². The van der Waals surface area contributed by atoms with Crippen LogP contribution < -0.4 is 10.5 Å². The number of aromatic nitrogens is 1. The van der Waals surface area contributed by atoms with Gasteiger partial charge in [0, 0.05) is 46.6 Å². The Balaban J connectivity index is 1.57. The van der Waals surface area contributed by atoms with Crippen LogP contribution in [-0.4, -0.2) is 55.6 Å². The van der Waals surface area contributed by atoms with Crippen LogP contribution in [0.4, 0.5) is 4.39 Å². The number of hydrogen-bond donors (Lipinski definition) is 2. The molecule has 1 aliphatic heterocycles. The fraction of sp³-hybridized carbons (Fsp3) is 0.294. The summed E-state index contributed by atoms with van der Waals surface area (Å²) in [5.74, 6) is -1.14. The van der Waals surface area contributed by atoms with Gasteiger partial charge in [0.15, 0.2) is 0 Å². The molecule has 0 radical (unpaired) electrons. The van der Waals surface area contributed by atoms with Gasteiger partial charge >= 0.3 is 0 Å². The van der Waals surface area contributed by atoms with E-state index in [2.05, 4.69) is 4.72 Å². The van der Waals surface area contributed by atoms with Crippen molar-refractivity contribution in [2.75, 3.05) is 25.9 Å². The average molecular weight is 686 g/mol. The number of halogens is 3. The summed E-state index contributed by atoms with van der Waals surface area (Å²) in [7, 11) is -3.40. The average Bonchev–Trinajstić information content (AvgIpc) is 3.38. The number of rotatable bonds is 10. The number of piperidine rings is 1. The van der Waals surface area contributed by atoms with Gasteiger partial charge in [0.25, 0.3) is 5.91 Å². The molecule has 0 saturated carbocycles. The molecule has 5 rings (SSSR count). The lowest BCUT2D eigenvalue weighted by Crippen LogP contribution is -2.51. The third-order valence-electron chi connectivity index (χ3n) is 8.61. The third kappa shape index (κ3) is 7.15. The van der Waals surface area contributed by atoms with Crippen LogP contribution in [0, 0.1) is 12.7 Å². The van der Waals surface area contributed by atoms with Crippen molar-refractivity contribution >= 4 is 45.0 Å². The summed E-state index contributed by atoms with van der Waals surface area (Å²) in [4.78, 5) is 28.9. The molecule has 0 atom stereocenters. The van der Waals surface area contributed by atoms with Gasteiger partial charge in [-0.05, 0) is 98.3 Å². The highest BCUT2D eigenvalue weighted by Crippen LogP contribution is 2.38. The smallest absolute Gasteiger partial charge is 0.255 e. The Hall–Kier alpha value is -3.70. The first-order valence-corrected chi connectivity index (χ1v) is 17.5. The number of carbonyl (C=O) groups excluding carboxylic acids is 2. The molecule has 1 fully saturated rings. The fourth-order valence-corrected chi connectivity index (χ4v) is 7.07. The summed E-state index contributed by atoms with van der Waals surface area (Å²) in [6.45, 7) is 2.66. The molecule has 242 valence electrons. The SMILES string of the molecule is Cc1cc(Cl)ccc1-c1cc(C(=O)N2CCC(C(N)=O)(c3ccc(F)cc3)CC2)c(CCCNS(C)(=O)=O)n1-c1ccc(Cl)cc1. The molecule has 1 aromatic heterocycles. The number of nitrogens with zero attached hydrogens (tertiary/aromatic N) is 2. The van der Waals surface area contributed by atoms with Gasteiger partial charge in [-0.1, -0.05) is 41.4 Å². The molecule has 0 spiro atoms. The predicted molar refractivity (Wildman–Crippen MR) is 180 cm³/mol. The Morgan fingerprint density at radius 1 is 0.957 bits per heavy atom. The topological polar surface area (TPSA) is 114 Å². The summed E-state index contributed by atoms with van der Waals surface area (Å²) in [5.41, 5.74) is 10.0. The molecule has 3 N–H and O–H groups in total. The van der Waals surface area contributed by atoms with Crippen LogP contribution in [-0.2, 0) is 26.7 Å². The molecule has 12 heteroatoms. The van der Waals surface area contributed by atoms with Gasteiger partial charge in [-0.3, -0.25) is 9.59 Å². The van der Waals surface area contributed by atoms with E-state index < -0.39 is 27.2 Å². The van der Waals surface area contributed by atoms with Crippen LogP contribution in [0.25, 0.3) is 16.9 Å². The Morgan fingerprint density at radius 2 is 1.59 bits per heavy atom. The van der Waals surface area contributed by atoms with Crippen LogP contribution >= 0.6 is 23.2 Å². The molecule has 0 bridgehead atoms. The van der Waals surface area contributed by atoms with E-state index in [0.29, 0.717) is 39.7 Å². The molecule has 3 aromatic carbocycles. The number of aryl methyl sites for hydroxylation is 1. The van der Waals surface area contributed by atoms with Gasteiger partial charge in [0.05, 0.1) is 22.9 Å². The molecule has 1 saturated heterocycles. The Bertz CT molecular complexity index is 1870. The summed E-state index contributed by atoms with van der Waals surface area (Å²) in [6.07, 6.45) is 2.49. The van der Waals surface area contributed by atoms with Crippen LogP contribution in [0.15, 0.2) is 72.8 Å². The Kier molecular flexibility index (Phi) is 9.93. The van der Waals surface area contributed by atoms with Crippen molar-refractivity contribution in [3.8, 4) is 16.9 Å². The minimum Gasteiger partial charge on any atom is -0.369 e. The number of hydrogen-bond acceptors (Lipinski definition) is 4. The van der Waals surface area contributed by atoms with Crippen molar-refractivity contribution in [3.63, 3.8) is 0 Å². The quantitative estimate of drug-likeness (QED) is 0.198. The fourth-order valence-electron chi connectivity index (χ4n) is 6.20. The van der Waals surface area contributed by atoms with Crippen molar-refractivity contribution in [3.05, 3.63) is 111 Å². The highest BCUT2D eigenvalue weighted by atomic mass is 35.5. The van der Waals surface area contributed by atoms with Gasteiger partial charge in [-0.25, -0.2) is 17.5 Å². The zero-order valence-electron chi connectivity index (χ0n) is 25.5. The number of primary amides is 1. The van der Waals surface area contributed by atoms with Crippen molar-refractivity contribution in [1.29, 1.82) is 0 Å². The number of nitrogens with two attached hydrogens (primary N) is 1. The normalized spacial score (nSPS) is 14.8. The number of carbonyl (C=O) groups is 2. The van der Waals surface area contributed by atoms with Gasteiger partial charge < -0.3 is 15.2 Å². The van der Waals surface area contributed by atoms with Crippen molar-refractivity contribution in [2.24, 2.45) is 5.73 Å². The maximum atomic E-state index is 14.4. The molecule has 2 heterocycles. The van der Waals surface area contributed by atoms with Crippen molar-refractivity contribution in [1.82, 2.24) is 14.2 Å². The van der Waals surface area contributed by atoms with E-state index in [4.69, 9.17) is 28.9 Å². The number of likely N-dealkylation sites (tertiary alicyclic amines) is 1. The molecule has 46 heavy (non-hydrogen) atoms. The Labute approximate surface area is 278 Å². The minimum absolute atomic E-state index is 0.191. The second kappa shape index (κ2) is 13.6. The first kappa shape index (κ1) is 33.7. The van der Waals surface area contributed by atoms with E-state index in [1.54, 1.807) is 35.2 Å². The second-order valence-electron chi connectivity index (χ2n) is 11.7. The molecule has 0 aliphatic carbocycles. The zero-order valence-corrected chi connectivity index (χ0v) is 27.9. The van der Waals surface area contributed by atoms with E-state index in [9.17, 15) is 22.4 Å². The highest BCUT2D eigenvalue weighted by Gasteiger charge is 2.43. The number of sulfonamides is 1. The van der Waals surface area contributed by atoms with Crippen LogP contribution in [0.1, 0.15) is 46.4 Å². The lowest BCUT2D eigenvalue weighted by molar-refractivity contribution is -0.125. The van der Waals surface area contributed by atoms with E-state index in [0.717, 1.165) is 28.8 Å². The summed E-state index contributed by atoms with van der Waals surface area (Å²) < 4.78 is 41.7. The zero-order chi connectivity index (χ0) is 33.2. The standard InChI is InChI=1S/C34H35Cl2FN4O4S/c1-22-20-25(36)9-14-28(22)31-21-29(30(4-3-17-39-46(2,44)45)41(31)27-12-7-24(35)8-13-27)32(42)40-18-15-34(16-19-40,33(38)43)23-5-10-26(37)11-6-23/h5-14,20-21,39H,3-4,15-19H2,1-2H3,(H2,38,43). The number of nitrogens with one attached hydrogen (secondary N) is 1. The Morgan fingerprint density at radius 3 is 2.17 bits per heavy atom. The van der Waals surface area contributed by atoms with E-state index >= 15 is 0 Å². The number of amides is 2. The molecular formula is C34H35Cl2FN4O4S.